The van der Waals surface area contributed by atoms with Gasteiger partial charge < -0.3 is 10.6 Å². The van der Waals surface area contributed by atoms with Gasteiger partial charge >= 0.3 is 0 Å². The van der Waals surface area contributed by atoms with Crippen molar-refractivity contribution >= 4 is 21.4 Å². The summed E-state index contributed by atoms with van der Waals surface area (Å²) >= 11 is 0. The monoisotopic (exact) mass is 283 g/mol. The Morgan fingerprint density at radius 3 is 2.63 bits per heavy atom. The number of amides is 1. The van der Waals surface area contributed by atoms with E-state index >= 15 is 0 Å². The molecule has 1 amide bonds. The second kappa shape index (κ2) is 5.16. The van der Waals surface area contributed by atoms with Gasteiger partial charge in [0.15, 0.2) is 5.03 Å². The van der Waals surface area contributed by atoms with E-state index in [1.807, 2.05) is 0 Å². The number of carbonyl (C=O) groups is 1. The molecule has 0 aliphatic carbocycles. The third kappa shape index (κ3) is 2.56. The molecule has 1 aromatic heterocycles. The first-order chi connectivity index (χ1) is 8.94. The number of anilines is 1. The third-order valence-electron chi connectivity index (χ3n) is 3.30. The van der Waals surface area contributed by atoms with Gasteiger partial charge in [-0.05, 0) is 31.9 Å². The van der Waals surface area contributed by atoms with Gasteiger partial charge in [-0.3, -0.25) is 4.79 Å². The molecular weight excluding hydrogens is 266 g/mol. The number of nitrogens with zero attached hydrogens (tertiary/aromatic N) is 2. The number of pyridine rings is 1. The molecule has 1 saturated heterocycles. The number of hydrogen-bond acceptors (Lipinski definition) is 5. The fourth-order valence-corrected chi connectivity index (χ4v) is 3.49. The molecule has 2 N–H and O–H groups in total. The summed E-state index contributed by atoms with van der Waals surface area (Å²) in [4.78, 5) is 17.5. The molecule has 6 nitrogen and oxygen atoms in total. The SMILES string of the molecule is CC(C(=O)N1CCCC1)S(=O)(=O)c1ncccc1N. The Bertz CT molecular complexity index is 580. The molecule has 2 heterocycles. The number of nitrogens with two attached hydrogens (primary N) is 1. The predicted octanol–water partition coefficient (Wildman–Crippen LogP) is 0.448. The largest absolute Gasteiger partial charge is 0.396 e. The van der Waals surface area contributed by atoms with Crippen molar-refractivity contribution in [3.63, 3.8) is 0 Å². The van der Waals surface area contributed by atoms with Crippen molar-refractivity contribution in [2.75, 3.05) is 18.8 Å². The van der Waals surface area contributed by atoms with Gasteiger partial charge in [-0.2, -0.15) is 0 Å². The molecule has 1 fully saturated rings. The molecule has 104 valence electrons. The van der Waals surface area contributed by atoms with E-state index in [0.717, 1.165) is 12.8 Å². The Kier molecular flexibility index (Phi) is 3.75. The van der Waals surface area contributed by atoms with Gasteiger partial charge in [0.2, 0.25) is 15.7 Å². The molecule has 1 aliphatic rings. The smallest absolute Gasteiger partial charge is 0.241 e. The highest BCUT2D eigenvalue weighted by Crippen LogP contribution is 2.22. The van der Waals surface area contributed by atoms with E-state index in [9.17, 15) is 13.2 Å². The number of aromatic nitrogens is 1. The summed E-state index contributed by atoms with van der Waals surface area (Å²) in [6.45, 7) is 2.64. The maximum Gasteiger partial charge on any atom is 0.241 e. The van der Waals surface area contributed by atoms with Crippen molar-refractivity contribution in [1.29, 1.82) is 0 Å². The van der Waals surface area contributed by atoms with Crippen LogP contribution in [0.5, 0.6) is 0 Å². The molecule has 1 unspecified atom stereocenters. The van der Waals surface area contributed by atoms with E-state index in [1.165, 1.54) is 19.2 Å². The van der Waals surface area contributed by atoms with Crippen LogP contribution in [0.2, 0.25) is 0 Å². The lowest BCUT2D eigenvalue weighted by atomic mass is 10.4. The Hall–Kier alpha value is -1.63. The lowest BCUT2D eigenvalue weighted by molar-refractivity contribution is -0.129. The number of sulfone groups is 1. The molecule has 2 rings (SSSR count). The van der Waals surface area contributed by atoms with Crippen molar-refractivity contribution < 1.29 is 13.2 Å². The van der Waals surface area contributed by atoms with Crippen LogP contribution in [0.3, 0.4) is 0 Å². The second-order valence-electron chi connectivity index (χ2n) is 4.62. The van der Waals surface area contributed by atoms with Crippen LogP contribution in [0.15, 0.2) is 23.4 Å². The molecule has 19 heavy (non-hydrogen) atoms. The Morgan fingerprint density at radius 1 is 1.42 bits per heavy atom. The predicted molar refractivity (Wildman–Crippen MR) is 71.1 cm³/mol. The molecule has 1 aromatic rings. The van der Waals surface area contributed by atoms with E-state index in [2.05, 4.69) is 4.98 Å². The molecule has 0 saturated carbocycles. The number of rotatable bonds is 3. The number of hydrogen-bond donors (Lipinski definition) is 1. The standard InChI is InChI=1S/C12H17N3O3S/c1-9(12(16)15-7-2-3-8-15)19(17,18)11-10(13)5-4-6-14-11/h4-6,9H,2-3,7-8,13H2,1H3. The van der Waals surface area contributed by atoms with Crippen molar-refractivity contribution in [3.8, 4) is 0 Å². The Labute approximate surface area is 112 Å². The van der Waals surface area contributed by atoms with E-state index in [1.54, 1.807) is 11.0 Å². The van der Waals surface area contributed by atoms with Crippen LogP contribution in [-0.4, -0.2) is 42.5 Å². The van der Waals surface area contributed by atoms with Gasteiger partial charge in [-0.15, -0.1) is 0 Å². The van der Waals surface area contributed by atoms with Gasteiger partial charge in [0.1, 0.15) is 5.25 Å². The van der Waals surface area contributed by atoms with Gasteiger partial charge in [0, 0.05) is 19.3 Å². The van der Waals surface area contributed by atoms with E-state index in [0.29, 0.717) is 13.1 Å². The van der Waals surface area contributed by atoms with Crippen LogP contribution in [0.4, 0.5) is 5.69 Å². The zero-order chi connectivity index (χ0) is 14.0. The zero-order valence-electron chi connectivity index (χ0n) is 10.7. The molecule has 0 spiro atoms. The minimum absolute atomic E-state index is 0.0728. The topological polar surface area (TPSA) is 93.4 Å². The summed E-state index contributed by atoms with van der Waals surface area (Å²) in [6.07, 6.45) is 3.20. The molecule has 1 aliphatic heterocycles. The minimum Gasteiger partial charge on any atom is -0.396 e. The fraction of sp³-hybridized carbons (Fsp3) is 0.500. The highest BCUT2D eigenvalue weighted by Gasteiger charge is 2.35. The first-order valence-electron chi connectivity index (χ1n) is 6.18. The lowest BCUT2D eigenvalue weighted by Gasteiger charge is -2.20. The number of likely N-dealkylation sites (tertiary alicyclic amines) is 1. The maximum absolute atomic E-state index is 12.4. The van der Waals surface area contributed by atoms with Crippen LogP contribution in [0.25, 0.3) is 0 Å². The summed E-state index contributed by atoms with van der Waals surface area (Å²) in [6, 6.07) is 3.02. The zero-order valence-corrected chi connectivity index (χ0v) is 11.6. The first kappa shape index (κ1) is 13.8. The van der Waals surface area contributed by atoms with Gasteiger partial charge in [0.25, 0.3) is 0 Å². The van der Waals surface area contributed by atoms with Gasteiger partial charge in [-0.25, -0.2) is 13.4 Å². The average Bonchev–Trinajstić information content (AvgIpc) is 2.91. The van der Waals surface area contributed by atoms with Crippen LogP contribution in [0, 0.1) is 0 Å². The third-order valence-corrected chi connectivity index (χ3v) is 5.31. The second-order valence-corrected chi connectivity index (χ2v) is 6.80. The van der Waals surface area contributed by atoms with Gasteiger partial charge in [0.05, 0.1) is 5.69 Å². The van der Waals surface area contributed by atoms with Crippen LogP contribution in [0.1, 0.15) is 19.8 Å². The molecule has 0 bridgehead atoms. The molecule has 0 radical (unpaired) electrons. The van der Waals surface area contributed by atoms with Crippen LogP contribution in [-0.2, 0) is 14.6 Å². The van der Waals surface area contributed by atoms with Crippen molar-refractivity contribution in [1.82, 2.24) is 9.88 Å². The highest BCUT2D eigenvalue weighted by atomic mass is 32.2. The molecular formula is C12H17N3O3S. The summed E-state index contributed by atoms with van der Waals surface area (Å²) in [5.74, 6) is -0.373. The van der Waals surface area contributed by atoms with Crippen molar-refractivity contribution in [3.05, 3.63) is 18.3 Å². The molecule has 1 atom stereocenters. The van der Waals surface area contributed by atoms with Gasteiger partial charge in [-0.1, -0.05) is 0 Å². The number of nitrogen functional groups attached to an aromatic ring is 1. The summed E-state index contributed by atoms with van der Waals surface area (Å²) < 4.78 is 24.7. The fourth-order valence-electron chi connectivity index (χ4n) is 2.14. The number of carbonyl (C=O) groups excluding carboxylic acids is 1. The average molecular weight is 283 g/mol. The summed E-state index contributed by atoms with van der Waals surface area (Å²) in [5.41, 5.74) is 5.70. The van der Waals surface area contributed by atoms with Crippen molar-refractivity contribution in [2.45, 2.75) is 30.0 Å². The molecule has 0 aromatic carbocycles. The lowest BCUT2D eigenvalue weighted by Crippen LogP contribution is -2.40. The maximum atomic E-state index is 12.4. The van der Waals surface area contributed by atoms with E-state index in [-0.39, 0.29) is 16.6 Å². The van der Waals surface area contributed by atoms with E-state index < -0.39 is 15.1 Å². The van der Waals surface area contributed by atoms with Crippen LogP contribution < -0.4 is 5.73 Å². The summed E-state index contributed by atoms with van der Waals surface area (Å²) in [5, 5.41) is -1.36. The highest BCUT2D eigenvalue weighted by molar-refractivity contribution is 7.92. The minimum atomic E-state index is -3.83. The van der Waals surface area contributed by atoms with E-state index in [4.69, 9.17) is 5.73 Å². The first-order valence-corrected chi connectivity index (χ1v) is 7.72. The van der Waals surface area contributed by atoms with Crippen LogP contribution >= 0.6 is 0 Å². The normalized spacial score (nSPS) is 17.4. The molecule has 7 heteroatoms. The van der Waals surface area contributed by atoms with Crippen molar-refractivity contribution in [2.24, 2.45) is 0 Å². The summed E-state index contributed by atoms with van der Waals surface area (Å²) in [7, 11) is -3.83. The quantitative estimate of drug-likeness (QED) is 0.869. The Balaban J connectivity index is 2.29. The Morgan fingerprint density at radius 2 is 2.05 bits per heavy atom.